The number of aromatic amines is 2. The van der Waals surface area contributed by atoms with Gasteiger partial charge in [-0.05, 0) is 37.3 Å². The van der Waals surface area contributed by atoms with Crippen molar-refractivity contribution in [3.63, 3.8) is 0 Å². The third-order valence-electron chi connectivity index (χ3n) is 4.47. The van der Waals surface area contributed by atoms with E-state index in [4.69, 9.17) is 11.6 Å². The molecule has 0 saturated carbocycles. The molecule has 2 heterocycles. The van der Waals surface area contributed by atoms with Crippen LogP contribution in [-0.4, -0.2) is 38.0 Å². The van der Waals surface area contributed by atoms with E-state index in [1.54, 1.807) is 24.2 Å². The molecule has 1 amide bonds. The molecule has 0 spiro atoms. The van der Waals surface area contributed by atoms with Crippen molar-refractivity contribution in [2.45, 2.75) is 13.0 Å². The number of hydrogen-bond acceptors (Lipinski definition) is 3. The summed E-state index contributed by atoms with van der Waals surface area (Å²) in [5.74, 6) is 0.630. The van der Waals surface area contributed by atoms with Crippen molar-refractivity contribution in [3.8, 4) is 0 Å². The lowest BCUT2D eigenvalue weighted by atomic mass is 10.1. The Kier molecular flexibility index (Phi) is 3.69. The van der Waals surface area contributed by atoms with Gasteiger partial charge in [-0.2, -0.15) is 5.10 Å². The van der Waals surface area contributed by atoms with Crippen molar-refractivity contribution in [3.05, 3.63) is 59.0 Å². The van der Waals surface area contributed by atoms with Gasteiger partial charge in [-0.15, -0.1) is 0 Å². The molecule has 25 heavy (non-hydrogen) atoms. The predicted octanol–water partition coefficient (Wildman–Crippen LogP) is 3.93. The number of fused-ring (bicyclic) bond motifs is 2. The summed E-state index contributed by atoms with van der Waals surface area (Å²) >= 11 is 6.02. The molecule has 4 rings (SSSR count). The zero-order valence-electron chi connectivity index (χ0n) is 13.7. The van der Waals surface area contributed by atoms with Crippen molar-refractivity contribution < 1.29 is 4.79 Å². The van der Waals surface area contributed by atoms with Crippen LogP contribution in [0.25, 0.3) is 21.9 Å². The fourth-order valence-corrected chi connectivity index (χ4v) is 3.08. The lowest BCUT2D eigenvalue weighted by Gasteiger charge is -2.23. The van der Waals surface area contributed by atoms with Crippen molar-refractivity contribution in [1.82, 2.24) is 25.1 Å². The van der Waals surface area contributed by atoms with Gasteiger partial charge in [-0.3, -0.25) is 9.89 Å². The van der Waals surface area contributed by atoms with Crippen molar-refractivity contribution in [2.24, 2.45) is 0 Å². The van der Waals surface area contributed by atoms with Gasteiger partial charge in [0.15, 0.2) is 0 Å². The summed E-state index contributed by atoms with van der Waals surface area (Å²) in [6, 6.07) is 10.8. The van der Waals surface area contributed by atoms with Crippen LogP contribution < -0.4 is 0 Å². The zero-order valence-corrected chi connectivity index (χ0v) is 14.5. The quantitative estimate of drug-likeness (QED) is 0.586. The monoisotopic (exact) mass is 353 g/mol. The van der Waals surface area contributed by atoms with Gasteiger partial charge in [0.2, 0.25) is 0 Å². The van der Waals surface area contributed by atoms with Crippen LogP contribution in [0, 0.1) is 0 Å². The normalized spacial score (nSPS) is 12.6. The van der Waals surface area contributed by atoms with Gasteiger partial charge in [0.25, 0.3) is 5.91 Å². The molecule has 126 valence electrons. The molecule has 1 atom stereocenters. The maximum absolute atomic E-state index is 13.0. The number of nitrogens with one attached hydrogen (secondary N) is 2. The van der Waals surface area contributed by atoms with Crippen LogP contribution in [0.3, 0.4) is 0 Å². The van der Waals surface area contributed by atoms with Crippen LogP contribution in [0.2, 0.25) is 5.02 Å². The average molecular weight is 354 g/mol. The molecule has 6 nitrogen and oxygen atoms in total. The Morgan fingerprint density at radius 3 is 2.92 bits per heavy atom. The van der Waals surface area contributed by atoms with Crippen LogP contribution in [-0.2, 0) is 0 Å². The number of rotatable bonds is 3. The van der Waals surface area contributed by atoms with Gasteiger partial charge in [0.1, 0.15) is 5.82 Å². The Labute approximate surface area is 148 Å². The standard InChI is InChI=1S/C18H16ClN5O/c1-10(17-21-15-7-6-11(19)8-16(15)22-17)24(2)18(25)12-4-3-5-14-13(12)9-20-23-14/h3-10H,1-2H3,(H,20,23)(H,21,22). The Morgan fingerprint density at radius 1 is 1.24 bits per heavy atom. The van der Waals surface area contributed by atoms with Gasteiger partial charge >= 0.3 is 0 Å². The van der Waals surface area contributed by atoms with E-state index in [0.29, 0.717) is 16.4 Å². The van der Waals surface area contributed by atoms with Gasteiger partial charge in [0.05, 0.1) is 34.4 Å². The molecule has 0 bridgehead atoms. The van der Waals surface area contributed by atoms with Gasteiger partial charge < -0.3 is 9.88 Å². The van der Waals surface area contributed by atoms with Gasteiger partial charge in [0, 0.05) is 17.5 Å². The van der Waals surface area contributed by atoms with E-state index in [2.05, 4.69) is 20.2 Å². The van der Waals surface area contributed by atoms with E-state index in [9.17, 15) is 4.79 Å². The molecule has 0 saturated heterocycles. The lowest BCUT2D eigenvalue weighted by molar-refractivity contribution is 0.0739. The van der Waals surface area contributed by atoms with Gasteiger partial charge in [-0.1, -0.05) is 17.7 Å². The summed E-state index contributed by atoms with van der Waals surface area (Å²) in [5, 5.41) is 8.36. The smallest absolute Gasteiger partial charge is 0.254 e. The van der Waals surface area contributed by atoms with E-state index >= 15 is 0 Å². The molecule has 7 heteroatoms. The molecule has 2 aromatic heterocycles. The molecule has 0 aliphatic heterocycles. The number of carbonyl (C=O) groups excluding carboxylic acids is 1. The zero-order chi connectivity index (χ0) is 17.6. The van der Waals surface area contributed by atoms with E-state index in [0.717, 1.165) is 21.9 Å². The summed E-state index contributed by atoms with van der Waals surface area (Å²) in [4.78, 5) is 22.5. The molecule has 0 fully saturated rings. The number of amides is 1. The predicted molar refractivity (Wildman–Crippen MR) is 97.7 cm³/mol. The molecule has 0 aliphatic rings. The number of carbonyl (C=O) groups is 1. The third kappa shape index (κ3) is 2.64. The Hall–Kier alpha value is -2.86. The maximum atomic E-state index is 13.0. The Bertz CT molecular complexity index is 1080. The van der Waals surface area contributed by atoms with Crippen LogP contribution >= 0.6 is 11.6 Å². The largest absolute Gasteiger partial charge is 0.340 e. The first-order valence-corrected chi connectivity index (χ1v) is 8.27. The summed E-state index contributed by atoms with van der Waals surface area (Å²) in [6.07, 6.45) is 1.67. The van der Waals surface area contributed by atoms with E-state index < -0.39 is 0 Å². The fraction of sp³-hybridized carbons (Fsp3) is 0.167. The Balaban J connectivity index is 1.67. The summed E-state index contributed by atoms with van der Waals surface area (Å²) in [6.45, 7) is 1.94. The minimum atomic E-state index is -0.221. The number of nitrogens with zero attached hydrogens (tertiary/aromatic N) is 3. The van der Waals surface area contributed by atoms with Crippen LogP contribution in [0.1, 0.15) is 29.1 Å². The number of hydrogen-bond donors (Lipinski definition) is 2. The first kappa shape index (κ1) is 15.7. The van der Waals surface area contributed by atoms with Crippen LogP contribution in [0.4, 0.5) is 0 Å². The molecular weight excluding hydrogens is 338 g/mol. The highest BCUT2D eigenvalue weighted by molar-refractivity contribution is 6.31. The molecular formula is C18H16ClN5O. The molecule has 4 aromatic rings. The lowest BCUT2D eigenvalue weighted by Crippen LogP contribution is -2.30. The van der Waals surface area contributed by atoms with Crippen LogP contribution in [0.15, 0.2) is 42.6 Å². The molecule has 0 radical (unpaired) electrons. The van der Waals surface area contributed by atoms with Gasteiger partial charge in [-0.25, -0.2) is 4.98 Å². The second-order valence-corrected chi connectivity index (χ2v) is 6.45. The second kappa shape index (κ2) is 5.89. The van der Waals surface area contributed by atoms with Crippen molar-refractivity contribution >= 4 is 39.4 Å². The molecule has 2 N–H and O–H groups in total. The maximum Gasteiger partial charge on any atom is 0.254 e. The number of imidazole rings is 1. The number of benzene rings is 2. The first-order valence-electron chi connectivity index (χ1n) is 7.89. The third-order valence-corrected chi connectivity index (χ3v) is 4.71. The van der Waals surface area contributed by atoms with Crippen molar-refractivity contribution in [1.29, 1.82) is 0 Å². The molecule has 0 aliphatic carbocycles. The minimum Gasteiger partial charge on any atom is -0.340 e. The molecule has 2 aromatic carbocycles. The van der Waals surface area contributed by atoms with Crippen molar-refractivity contribution in [2.75, 3.05) is 7.05 Å². The molecule has 1 unspecified atom stereocenters. The van der Waals surface area contributed by atoms with E-state index in [1.165, 1.54) is 0 Å². The SMILES string of the molecule is CC(c1nc2ccc(Cl)cc2[nH]1)N(C)C(=O)c1cccc2[nH]ncc12. The summed E-state index contributed by atoms with van der Waals surface area (Å²) in [7, 11) is 1.77. The summed E-state index contributed by atoms with van der Waals surface area (Å²) in [5.41, 5.74) is 3.13. The Morgan fingerprint density at radius 2 is 2.08 bits per heavy atom. The fourth-order valence-electron chi connectivity index (χ4n) is 2.90. The highest BCUT2D eigenvalue weighted by Gasteiger charge is 2.23. The highest BCUT2D eigenvalue weighted by Crippen LogP contribution is 2.25. The number of halogens is 1. The minimum absolute atomic E-state index is 0.0852. The number of H-pyrrole nitrogens is 2. The van der Waals surface area contributed by atoms with E-state index in [-0.39, 0.29) is 11.9 Å². The second-order valence-electron chi connectivity index (χ2n) is 6.01. The highest BCUT2D eigenvalue weighted by atomic mass is 35.5. The first-order chi connectivity index (χ1) is 12.0. The van der Waals surface area contributed by atoms with Crippen LogP contribution in [0.5, 0.6) is 0 Å². The summed E-state index contributed by atoms with van der Waals surface area (Å²) < 4.78 is 0. The van der Waals surface area contributed by atoms with E-state index in [1.807, 2.05) is 37.3 Å². The number of aromatic nitrogens is 4. The topological polar surface area (TPSA) is 77.7 Å². The average Bonchev–Trinajstić information content (AvgIpc) is 3.25.